The van der Waals surface area contributed by atoms with E-state index in [0.717, 1.165) is 22.6 Å². The van der Waals surface area contributed by atoms with Gasteiger partial charge in [-0.1, -0.05) is 69.3 Å². The molecule has 3 aromatic rings. The van der Waals surface area contributed by atoms with Crippen LogP contribution >= 0.6 is 0 Å². The minimum atomic E-state index is -0.0678. The van der Waals surface area contributed by atoms with Crippen LogP contribution in [0.25, 0.3) is 22.8 Å². The summed E-state index contributed by atoms with van der Waals surface area (Å²) in [5.74, 6) is 1.54. The van der Waals surface area contributed by atoms with Crippen LogP contribution in [0.4, 0.5) is 0 Å². The second kappa shape index (κ2) is 5.21. The molecule has 1 aromatic heterocycles. The lowest BCUT2D eigenvalue weighted by atomic mass is 9.89. The molecule has 0 bridgehead atoms. The maximum Gasteiger partial charge on any atom is 0.227 e. The lowest BCUT2D eigenvalue weighted by Crippen LogP contribution is -2.13. The van der Waals surface area contributed by atoms with Crippen molar-refractivity contribution in [1.29, 1.82) is 0 Å². The molecule has 2 nitrogen and oxygen atoms in total. The van der Waals surface area contributed by atoms with Crippen LogP contribution in [0, 0.1) is 0 Å². The Morgan fingerprint density at radius 3 is 1.81 bits per heavy atom. The Bertz CT molecular complexity index is 721. The molecule has 0 spiro atoms. The van der Waals surface area contributed by atoms with Gasteiger partial charge in [-0.05, 0) is 12.1 Å². The van der Waals surface area contributed by atoms with Crippen molar-refractivity contribution < 1.29 is 4.42 Å². The lowest BCUT2D eigenvalue weighted by molar-refractivity contribution is 0.555. The molecular formula is C19H19NO. The first-order chi connectivity index (χ1) is 10.1. The van der Waals surface area contributed by atoms with E-state index in [1.165, 1.54) is 0 Å². The Kier molecular flexibility index (Phi) is 3.38. The van der Waals surface area contributed by atoms with Crippen molar-refractivity contribution in [3.05, 3.63) is 66.4 Å². The summed E-state index contributed by atoms with van der Waals surface area (Å²) in [6, 6.07) is 20.2. The van der Waals surface area contributed by atoms with Gasteiger partial charge in [0.2, 0.25) is 5.89 Å². The molecule has 0 N–H and O–H groups in total. The molecule has 0 saturated heterocycles. The standard InChI is InChI=1S/C19H19NO/c1-19(2,3)17-16(14-10-6-4-7-11-14)21-18(20-17)15-12-8-5-9-13-15/h4-13H,1-3H3. The number of nitrogens with zero attached hydrogens (tertiary/aromatic N) is 1. The first-order valence-corrected chi connectivity index (χ1v) is 7.18. The highest BCUT2D eigenvalue weighted by molar-refractivity contribution is 5.65. The van der Waals surface area contributed by atoms with E-state index in [1.807, 2.05) is 48.5 Å². The number of hydrogen-bond donors (Lipinski definition) is 0. The summed E-state index contributed by atoms with van der Waals surface area (Å²) in [4.78, 5) is 4.76. The summed E-state index contributed by atoms with van der Waals surface area (Å²) in [5.41, 5.74) is 3.00. The van der Waals surface area contributed by atoms with E-state index >= 15 is 0 Å². The van der Waals surface area contributed by atoms with Crippen LogP contribution in [0.15, 0.2) is 65.1 Å². The van der Waals surface area contributed by atoms with Crippen molar-refractivity contribution in [3.8, 4) is 22.8 Å². The van der Waals surface area contributed by atoms with Gasteiger partial charge in [0.25, 0.3) is 0 Å². The minimum Gasteiger partial charge on any atom is -0.436 e. The summed E-state index contributed by atoms with van der Waals surface area (Å²) in [5, 5.41) is 0. The maximum absolute atomic E-state index is 6.10. The second-order valence-electron chi connectivity index (χ2n) is 6.18. The van der Waals surface area contributed by atoms with Crippen molar-refractivity contribution in [2.45, 2.75) is 26.2 Å². The van der Waals surface area contributed by atoms with Crippen molar-refractivity contribution in [3.63, 3.8) is 0 Å². The van der Waals surface area contributed by atoms with E-state index in [0.29, 0.717) is 5.89 Å². The van der Waals surface area contributed by atoms with Gasteiger partial charge >= 0.3 is 0 Å². The number of aromatic nitrogens is 1. The lowest BCUT2D eigenvalue weighted by Gasteiger charge is -2.16. The third-order valence-electron chi connectivity index (χ3n) is 3.39. The fourth-order valence-corrected chi connectivity index (χ4v) is 2.32. The summed E-state index contributed by atoms with van der Waals surface area (Å²) >= 11 is 0. The van der Waals surface area contributed by atoms with E-state index in [9.17, 15) is 0 Å². The zero-order chi connectivity index (χ0) is 14.9. The van der Waals surface area contributed by atoms with E-state index in [1.54, 1.807) is 0 Å². The van der Waals surface area contributed by atoms with E-state index in [2.05, 4.69) is 32.9 Å². The van der Waals surface area contributed by atoms with Crippen molar-refractivity contribution in [2.24, 2.45) is 0 Å². The van der Waals surface area contributed by atoms with Crippen LogP contribution in [0.3, 0.4) is 0 Å². The van der Waals surface area contributed by atoms with Crippen molar-refractivity contribution in [2.75, 3.05) is 0 Å². The minimum absolute atomic E-state index is 0.0678. The molecule has 0 aliphatic carbocycles. The topological polar surface area (TPSA) is 26.0 Å². The predicted molar refractivity (Wildman–Crippen MR) is 86.1 cm³/mol. The smallest absolute Gasteiger partial charge is 0.227 e. The monoisotopic (exact) mass is 277 g/mol. The third-order valence-corrected chi connectivity index (χ3v) is 3.39. The van der Waals surface area contributed by atoms with Gasteiger partial charge in [-0.25, -0.2) is 4.98 Å². The van der Waals surface area contributed by atoms with Crippen LogP contribution in [0.1, 0.15) is 26.5 Å². The fourth-order valence-electron chi connectivity index (χ4n) is 2.32. The molecule has 0 saturated carbocycles. The van der Waals surface area contributed by atoms with Crippen molar-refractivity contribution >= 4 is 0 Å². The van der Waals surface area contributed by atoms with E-state index in [4.69, 9.17) is 9.40 Å². The Hall–Kier alpha value is -2.35. The summed E-state index contributed by atoms with van der Waals surface area (Å²) in [7, 11) is 0. The van der Waals surface area contributed by atoms with Crippen LogP contribution in [-0.2, 0) is 5.41 Å². The summed E-state index contributed by atoms with van der Waals surface area (Å²) in [6.07, 6.45) is 0. The van der Waals surface area contributed by atoms with Gasteiger partial charge in [0.15, 0.2) is 5.76 Å². The van der Waals surface area contributed by atoms with Gasteiger partial charge in [0.1, 0.15) is 0 Å². The molecule has 0 unspecified atom stereocenters. The predicted octanol–water partition coefficient (Wildman–Crippen LogP) is 5.31. The molecule has 0 radical (unpaired) electrons. The molecule has 21 heavy (non-hydrogen) atoms. The van der Waals surface area contributed by atoms with E-state index < -0.39 is 0 Å². The van der Waals surface area contributed by atoms with Gasteiger partial charge in [-0.15, -0.1) is 0 Å². The molecule has 1 heterocycles. The molecular weight excluding hydrogens is 258 g/mol. The van der Waals surface area contributed by atoms with Crippen LogP contribution in [0.2, 0.25) is 0 Å². The quantitative estimate of drug-likeness (QED) is 0.634. The molecule has 106 valence electrons. The van der Waals surface area contributed by atoms with Gasteiger partial charge in [0.05, 0.1) is 5.69 Å². The SMILES string of the molecule is CC(C)(C)c1nc(-c2ccccc2)oc1-c1ccccc1. The van der Waals surface area contributed by atoms with Gasteiger partial charge in [-0.3, -0.25) is 0 Å². The summed E-state index contributed by atoms with van der Waals surface area (Å²) < 4.78 is 6.10. The first kappa shape index (κ1) is 13.6. The van der Waals surface area contributed by atoms with Gasteiger partial charge in [-0.2, -0.15) is 0 Å². The molecule has 3 rings (SSSR count). The van der Waals surface area contributed by atoms with Crippen molar-refractivity contribution in [1.82, 2.24) is 4.98 Å². The number of benzene rings is 2. The highest BCUT2D eigenvalue weighted by atomic mass is 16.4. The molecule has 0 aliphatic rings. The number of rotatable bonds is 2. The van der Waals surface area contributed by atoms with E-state index in [-0.39, 0.29) is 5.41 Å². The Labute approximate surface area is 125 Å². The van der Waals surface area contributed by atoms with Gasteiger partial charge < -0.3 is 4.42 Å². The fraction of sp³-hybridized carbons (Fsp3) is 0.211. The Morgan fingerprint density at radius 1 is 0.762 bits per heavy atom. The molecule has 0 aliphatic heterocycles. The third kappa shape index (κ3) is 2.75. The highest BCUT2D eigenvalue weighted by Crippen LogP contribution is 2.36. The number of hydrogen-bond acceptors (Lipinski definition) is 2. The molecule has 0 amide bonds. The zero-order valence-corrected chi connectivity index (χ0v) is 12.6. The Morgan fingerprint density at radius 2 is 1.29 bits per heavy atom. The maximum atomic E-state index is 6.10. The average molecular weight is 277 g/mol. The molecule has 2 heteroatoms. The molecule has 0 atom stereocenters. The first-order valence-electron chi connectivity index (χ1n) is 7.18. The average Bonchev–Trinajstić information content (AvgIpc) is 2.94. The van der Waals surface area contributed by atoms with Crippen LogP contribution in [0.5, 0.6) is 0 Å². The highest BCUT2D eigenvalue weighted by Gasteiger charge is 2.26. The molecule has 2 aromatic carbocycles. The molecule has 0 fully saturated rings. The number of oxazole rings is 1. The second-order valence-corrected chi connectivity index (χ2v) is 6.18. The van der Waals surface area contributed by atoms with Gasteiger partial charge in [0, 0.05) is 16.5 Å². The zero-order valence-electron chi connectivity index (χ0n) is 12.6. The van der Waals surface area contributed by atoms with Crippen LogP contribution in [-0.4, -0.2) is 4.98 Å². The van der Waals surface area contributed by atoms with Crippen LogP contribution < -0.4 is 0 Å². The Balaban J connectivity index is 2.17. The largest absolute Gasteiger partial charge is 0.436 e. The summed E-state index contributed by atoms with van der Waals surface area (Å²) in [6.45, 7) is 6.48. The normalized spacial score (nSPS) is 11.6.